The highest BCUT2D eigenvalue weighted by molar-refractivity contribution is 5.53. The SMILES string of the molecule is COc1cccc(COCCOCc2ccc(N(Cc3cccc(OC)c3)Cc3cccc(N4CCCC4)c3)cc2)c1. The van der Waals surface area contributed by atoms with Gasteiger partial charge in [0.05, 0.1) is 40.6 Å². The van der Waals surface area contributed by atoms with Gasteiger partial charge in [0.25, 0.3) is 0 Å². The number of hydrogen-bond acceptors (Lipinski definition) is 6. The lowest BCUT2D eigenvalue weighted by molar-refractivity contribution is 0.0338. The highest BCUT2D eigenvalue weighted by Gasteiger charge is 2.14. The number of anilines is 2. The molecule has 1 fully saturated rings. The first-order chi connectivity index (χ1) is 20.7. The number of nitrogens with zero attached hydrogens (tertiary/aromatic N) is 2. The molecule has 0 bridgehead atoms. The van der Waals surface area contributed by atoms with Crippen LogP contribution in [0.4, 0.5) is 11.4 Å². The molecule has 4 aromatic rings. The van der Waals surface area contributed by atoms with Crippen LogP contribution < -0.4 is 19.3 Å². The third kappa shape index (κ3) is 8.51. The zero-order valence-corrected chi connectivity index (χ0v) is 24.8. The van der Waals surface area contributed by atoms with E-state index in [0.717, 1.165) is 48.8 Å². The van der Waals surface area contributed by atoms with Gasteiger partial charge in [0.1, 0.15) is 11.5 Å². The van der Waals surface area contributed by atoms with E-state index in [4.69, 9.17) is 18.9 Å². The maximum Gasteiger partial charge on any atom is 0.119 e. The predicted octanol–water partition coefficient (Wildman–Crippen LogP) is 7.24. The van der Waals surface area contributed by atoms with E-state index in [1.165, 1.54) is 35.3 Å². The molecule has 1 heterocycles. The van der Waals surface area contributed by atoms with Gasteiger partial charge in [0, 0.05) is 37.6 Å². The Balaban J connectivity index is 1.18. The molecular formula is C36H42N2O4. The second-order valence-electron chi connectivity index (χ2n) is 10.7. The Kier molecular flexibility index (Phi) is 10.7. The van der Waals surface area contributed by atoms with Crippen molar-refractivity contribution in [3.8, 4) is 11.5 Å². The van der Waals surface area contributed by atoms with Gasteiger partial charge in [-0.25, -0.2) is 0 Å². The monoisotopic (exact) mass is 566 g/mol. The summed E-state index contributed by atoms with van der Waals surface area (Å²) in [7, 11) is 3.39. The molecule has 0 aliphatic carbocycles. The van der Waals surface area contributed by atoms with Crippen molar-refractivity contribution in [2.24, 2.45) is 0 Å². The van der Waals surface area contributed by atoms with Crippen LogP contribution in [-0.4, -0.2) is 40.5 Å². The Morgan fingerprint density at radius 1 is 0.595 bits per heavy atom. The zero-order chi connectivity index (χ0) is 29.0. The summed E-state index contributed by atoms with van der Waals surface area (Å²) in [4.78, 5) is 4.92. The van der Waals surface area contributed by atoms with Crippen molar-refractivity contribution in [2.45, 2.75) is 39.1 Å². The van der Waals surface area contributed by atoms with Gasteiger partial charge in [-0.15, -0.1) is 0 Å². The third-order valence-electron chi connectivity index (χ3n) is 7.61. The van der Waals surface area contributed by atoms with E-state index in [1.54, 1.807) is 14.2 Å². The molecule has 0 atom stereocenters. The van der Waals surface area contributed by atoms with Crippen LogP contribution in [0.5, 0.6) is 11.5 Å². The number of hydrogen-bond donors (Lipinski definition) is 0. The first kappa shape index (κ1) is 29.5. The minimum Gasteiger partial charge on any atom is -0.497 e. The van der Waals surface area contributed by atoms with Gasteiger partial charge >= 0.3 is 0 Å². The topological polar surface area (TPSA) is 43.4 Å². The van der Waals surface area contributed by atoms with Gasteiger partial charge in [-0.05, 0) is 83.6 Å². The largest absolute Gasteiger partial charge is 0.497 e. The van der Waals surface area contributed by atoms with E-state index in [1.807, 2.05) is 30.3 Å². The van der Waals surface area contributed by atoms with E-state index in [2.05, 4.69) is 76.5 Å². The molecule has 1 saturated heterocycles. The summed E-state index contributed by atoms with van der Waals surface area (Å²) in [5.41, 5.74) is 7.26. The summed E-state index contributed by atoms with van der Waals surface area (Å²) in [5, 5.41) is 0. The average Bonchev–Trinajstić information content (AvgIpc) is 3.59. The highest BCUT2D eigenvalue weighted by Crippen LogP contribution is 2.26. The summed E-state index contributed by atoms with van der Waals surface area (Å²) in [6.45, 7) is 6.08. The molecule has 4 aromatic carbocycles. The van der Waals surface area contributed by atoms with Crippen molar-refractivity contribution in [1.29, 1.82) is 0 Å². The van der Waals surface area contributed by atoms with E-state index >= 15 is 0 Å². The van der Waals surface area contributed by atoms with Crippen LogP contribution in [-0.2, 0) is 35.8 Å². The fourth-order valence-corrected chi connectivity index (χ4v) is 5.34. The Morgan fingerprint density at radius 2 is 1.14 bits per heavy atom. The zero-order valence-electron chi connectivity index (χ0n) is 24.8. The summed E-state index contributed by atoms with van der Waals surface area (Å²) >= 11 is 0. The lowest BCUT2D eigenvalue weighted by Crippen LogP contribution is -2.23. The minimum atomic E-state index is 0.541. The van der Waals surface area contributed by atoms with Gasteiger partial charge in [0.15, 0.2) is 0 Å². The van der Waals surface area contributed by atoms with E-state index in [9.17, 15) is 0 Å². The maximum absolute atomic E-state index is 5.90. The van der Waals surface area contributed by atoms with Crippen LogP contribution in [0.1, 0.15) is 35.1 Å². The predicted molar refractivity (Wildman–Crippen MR) is 170 cm³/mol. The summed E-state index contributed by atoms with van der Waals surface area (Å²) in [6.07, 6.45) is 2.55. The number of rotatable bonds is 15. The standard InChI is InChI=1S/C36H42N2O4/c1-39-35-12-6-9-31(23-35)26-38(25-30-8-5-11-34(22-30)37-18-3-4-19-37)33-16-14-29(15-17-33)27-41-20-21-42-28-32-10-7-13-36(24-32)40-2/h5-17,22-24H,3-4,18-21,25-28H2,1-2H3. The molecule has 6 heteroatoms. The fourth-order valence-electron chi connectivity index (χ4n) is 5.34. The van der Waals surface area contributed by atoms with Crippen LogP contribution in [0, 0.1) is 0 Å². The Bertz CT molecular complexity index is 1390. The highest BCUT2D eigenvalue weighted by atomic mass is 16.5. The molecule has 6 nitrogen and oxygen atoms in total. The molecule has 0 radical (unpaired) electrons. The van der Waals surface area contributed by atoms with Crippen molar-refractivity contribution in [3.63, 3.8) is 0 Å². The smallest absolute Gasteiger partial charge is 0.119 e. The normalized spacial score (nSPS) is 12.9. The Hall–Kier alpha value is -4.00. The van der Waals surface area contributed by atoms with Crippen LogP contribution in [0.15, 0.2) is 97.1 Å². The van der Waals surface area contributed by atoms with Crippen molar-refractivity contribution < 1.29 is 18.9 Å². The molecule has 5 rings (SSSR count). The van der Waals surface area contributed by atoms with Crippen LogP contribution in [0.2, 0.25) is 0 Å². The molecule has 0 saturated carbocycles. The first-order valence-corrected chi connectivity index (χ1v) is 14.8. The number of benzene rings is 4. The van der Waals surface area contributed by atoms with Gasteiger partial charge in [-0.2, -0.15) is 0 Å². The van der Waals surface area contributed by atoms with Gasteiger partial charge in [-0.1, -0.05) is 48.5 Å². The molecule has 1 aliphatic rings. The molecule has 42 heavy (non-hydrogen) atoms. The molecule has 220 valence electrons. The summed E-state index contributed by atoms with van der Waals surface area (Å²) in [5.74, 6) is 1.72. The molecule has 1 aliphatic heterocycles. The second kappa shape index (κ2) is 15.3. The lowest BCUT2D eigenvalue weighted by atomic mass is 10.1. The van der Waals surface area contributed by atoms with Gasteiger partial charge < -0.3 is 28.7 Å². The van der Waals surface area contributed by atoms with E-state index in [0.29, 0.717) is 26.4 Å². The molecule has 0 amide bonds. The van der Waals surface area contributed by atoms with Crippen molar-refractivity contribution in [1.82, 2.24) is 0 Å². The number of ether oxygens (including phenoxy) is 4. The Labute approximate surface area is 250 Å². The van der Waals surface area contributed by atoms with Crippen LogP contribution >= 0.6 is 0 Å². The minimum absolute atomic E-state index is 0.541. The Morgan fingerprint density at radius 3 is 1.79 bits per heavy atom. The molecule has 0 unspecified atom stereocenters. The van der Waals surface area contributed by atoms with Crippen molar-refractivity contribution in [2.75, 3.05) is 50.3 Å². The molecule has 0 aromatic heterocycles. The van der Waals surface area contributed by atoms with Crippen LogP contribution in [0.3, 0.4) is 0 Å². The van der Waals surface area contributed by atoms with E-state index in [-0.39, 0.29) is 0 Å². The average molecular weight is 567 g/mol. The fraction of sp³-hybridized carbons (Fsp3) is 0.333. The molecule has 0 N–H and O–H groups in total. The van der Waals surface area contributed by atoms with Crippen molar-refractivity contribution in [3.05, 3.63) is 119 Å². The summed E-state index contributed by atoms with van der Waals surface area (Å²) in [6, 6.07) is 34.0. The summed E-state index contributed by atoms with van der Waals surface area (Å²) < 4.78 is 22.4. The quantitative estimate of drug-likeness (QED) is 0.141. The van der Waals surface area contributed by atoms with Gasteiger partial charge in [0.2, 0.25) is 0 Å². The first-order valence-electron chi connectivity index (χ1n) is 14.8. The second-order valence-corrected chi connectivity index (χ2v) is 10.7. The van der Waals surface area contributed by atoms with E-state index < -0.39 is 0 Å². The molecular weight excluding hydrogens is 524 g/mol. The maximum atomic E-state index is 5.90. The molecule has 0 spiro atoms. The number of methoxy groups -OCH3 is 2. The third-order valence-corrected chi connectivity index (χ3v) is 7.61. The van der Waals surface area contributed by atoms with Gasteiger partial charge in [-0.3, -0.25) is 0 Å². The van der Waals surface area contributed by atoms with Crippen molar-refractivity contribution >= 4 is 11.4 Å². The van der Waals surface area contributed by atoms with Crippen LogP contribution in [0.25, 0.3) is 0 Å². The lowest BCUT2D eigenvalue weighted by Gasteiger charge is -2.27.